The van der Waals surface area contributed by atoms with Crippen molar-refractivity contribution in [3.05, 3.63) is 83.9 Å². The van der Waals surface area contributed by atoms with Crippen molar-refractivity contribution in [2.45, 2.75) is 0 Å². The number of carbonyl (C=O) groups excluding carboxylic acids is 1. The first-order chi connectivity index (χ1) is 10.8. The van der Waals surface area contributed by atoms with E-state index < -0.39 is 0 Å². The van der Waals surface area contributed by atoms with Gasteiger partial charge in [0, 0.05) is 0 Å². The van der Waals surface area contributed by atoms with Crippen molar-refractivity contribution in [3.8, 4) is 5.75 Å². The summed E-state index contributed by atoms with van der Waals surface area (Å²) in [6, 6.07) is 21.5. The molecule has 0 amide bonds. The number of para-hydroxylation sites is 1. The summed E-state index contributed by atoms with van der Waals surface area (Å²) in [5.41, 5.74) is 1.60. The van der Waals surface area contributed by atoms with Crippen LogP contribution in [0.4, 0.5) is 0 Å². The van der Waals surface area contributed by atoms with Gasteiger partial charge in [0.2, 0.25) is 0 Å². The summed E-state index contributed by atoms with van der Waals surface area (Å²) in [7, 11) is 1.57. The lowest BCUT2D eigenvalue weighted by Crippen LogP contribution is -1.98. The Bertz CT molecular complexity index is 842. The molecular weight excluding hydrogens is 272 g/mol. The van der Waals surface area contributed by atoms with E-state index in [1.807, 2.05) is 42.5 Å². The Morgan fingerprint density at radius 3 is 2.50 bits per heavy atom. The molecule has 2 heteroatoms. The van der Waals surface area contributed by atoms with E-state index in [-0.39, 0.29) is 5.78 Å². The lowest BCUT2D eigenvalue weighted by molar-refractivity contribution is 0.104. The molecule has 0 N–H and O–H groups in total. The van der Waals surface area contributed by atoms with Crippen molar-refractivity contribution in [1.82, 2.24) is 0 Å². The predicted octanol–water partition coefficient (Wildman–Crippen LogP) is 4.74. The van der Waals surface area contributed by atoms with Crippen LogP contribution in [0.25, 0.3) is 16.8 Å². The molecule has 0 aliphatic carbocycles. The Balaban J connectivity index is 1.94. The van der Waals surface area contributed by atoms with Crippen molar-refractivity contribution in [2.75, 3.05) is 7.11 Å². The number of carbonyl (C=O) groups is 1. The predicted molar refractivity (Wildman–Crippen MR) is 90.3 cm³/mol. The summed E-state index contributed by atoms with van der Waals surface area (Å²) < 4.78 is 5.23. The molecule has 0 aromatic heterocycles. The Kier molecular flexibility index (Phi) is 4.01. The summed E-state index contributed by atoms with van der Waals surface area (Å²) in [5, 5.41) is 2.29. The second-order valence-electron chi connectivity index (χ2n) is 4.97. The number of ketones is 1. The van der Waals surface area contributed by atoms with E-state index in [1.165, 1.54) is 0 Å². The largest absolute Gasteiger partial charge is 0.496 e. The molecule has 3 rings (SSSR count). The highest BCUT2D eigenvalue weighted by atomic mass is 16.5. The number of ether oxygens (including phenoxy) is 1. The molecule has 0 heterocycles. The SMILES string of the molecule is COc1ccccc1C(=O)C=Cc1cccc2ccccc12. The highest BCUT2D eigenvalue weighted by molar-refractivity contribution is 6.09. The maximum absolute atomic E-state index is 12.4. The van der Waals surface area contributed by atoms with Gasteiger partial charge in [-0.25, -0.2) is 0 Å². The van der Waals surface area contributed by atoms with Gasteiger partial charge in [-0.3, -0.25) is 4.79 Å². The van der Waals surface area contributed by atoms with Gasteiger partial charge in [0.25, 0.3) is 0 Å². The van der Waals surface area contributed by atoms with Gasteiger partial charge in [0.15, 0.2) is 5.78 Å². The highest BCUT2D eigenvalue weighted by Gasteiger charge is 2.08. The van der Waals surface area contributed by atoms with E-state index in [1.54, 1.807) is 25.3 Å². The monoisotopic (exact) mass is 288 g/mol. The molecule has 0 aliphatic rings. The maximum Gasteiger partial charge on any atom is 0.189 e. The number of methoxy groups -OCH3 is 1. The first-order valence-corrected chi connectivity index (χ1v) is 7.13. The Morgan fingerprint density at radius 2 is 1.64 bits per heavy atom. The minimum Gasteiger partial charge on any atom is -0.496 e. The molecule has 0 aliphatic heterocycles. The zero-order chi connectivity index (χ0) is 15.4. The van der Waals surface area contributed by atoms with Crippen molar-refractivity contribution in [2.24, 2.45) is 0 Å². The van der Waals surface area contributed by atoms with Crippen LogP contribution in [0.5, 0.6) is 5.75 Å². The fourth-order valence-electron chi connectivity index (χ4n) is 2.50. The summed E-state index contributed by atoms with van der Waals surface area (Å²) in [4.78, 5) is 12.4. The summed E-state index contributed by atoms with van der Waals surface area (Å²) in [6.07, 6.45) is 3.46. The van der Waals surface area contributed by atoms with E-state index in [0.717, 1.165) is 16.3 Å². The van der Waals surface area contributed by atoms with Crippen LogP contribution in [0.3, 0.4) is 0 Å². The van der Waals surface area contributed by atoms with Gasteiger partial charge in [-0.1, -0.05) is 60.7 Å². The molecule has 0 saturated heterocycles. The van der Waals surface area contributed by atoms with Gasteiger partial charge < -0.3 is 4.74 Å². The molecule has 0 radical (unpaired) electrons. The van der Waals surface area contributed by atoms with Crippen LogP contribution in [0, 0.1) is 0 Å². The van der Waals surface area contributed by atoms with Gasteiger partial charge >= 0.3 is 0 Å². The summed E-state index contributed by atoms with van der Waals surface area (Å²) >= 11 is 0. The van der Waals surface area contributed by atoms with Crippen LogP contribution < -0.4 is 4.74 Å². The fraction of sp³-hybridized carbons (Fsp3) is 0.0500. The smallest absolute Gasteiger partial charge is 0.189 e. The maximum atomic E-state index is 12.4. The van der Waals surface area contributed by atoms with E-state index in [9.17, 15) is 4.79 Å². The molecule has 0 fully saturated rings. The van der Waals surface area contributed by atoms with Crippen LogP contribution >= 0.6 is 0 Å². The molecule has 0 unspecified atom stereocenters. The number of benzene rings is 3. The Hall–Kier alpha value is -2.87. The van der Waals surface area contributed by atoms with Crippen molar-refractivity contribution in [1.29, 1.82) is 0 Å². The number of fused-ring (bicyclic) bond motifs is 1. The Morgan fingerprint density at radius 1 is 0.909 bits per heavy atom. The highest BCUT2D eigenvalue weighted by Crippen LogP contribution is 2.21. The second-order valence-corrected chi connectivity index (χ2v) is 4.97. The van der Waals surface area contributed by atoms with Gasteiger partial charge in [-0.15, -0.1) is 0 Å². The topological polar surface area (TPSA) is 26.3 Å². The van der Waals surface area contributed by atoms with E-state index in [0.29, 0.717) is 11.3 Å². The van der Waals surface area contributed by atoms with Crippen LogP contribution in [0.2, 0.25) is 0 Å². The quantitative estimate of drug-likeness (QED) is 0.512. The number of hydrogen-bond acceptors (Lipinski definition) is 2. The molecule has 0 spiro atoms. The third-order valence-corrected chi connectivity index (χ3v) is 3.61. The summed E-state index contributed by atoms with van der Waals surface area (Å²) in [5.74, 6) is 0.528. The molecule has 22 heavy (non-hydrogen) atoms. The average Bonchev–Trinajstić information content (AvgIpc) is 2.59. The minimum atomic E-state index is -0.0645. The van der Waals surface area contributed by atoms with Gasteiger partial charge in [-0.05, 0) is 34.5 Å². The van der Waals surface area contributed by atoms with Crippen molar-refractivity contribution in [3.63, 3.8) is 0 Å². The molecule has 3 aromatic carbocycles. The molecule has 3 aromatic rings. The second kappa shape index (κ2) is 6.27. The van der Waals surface area contributed by atoms with Crippen LogP contribution in [-0.2, 0) is 0 Å². The molecule has 0 bridgehead atoms. The van der Waals surface area contributed by atoms with Crippen LogP contribution in [-0.4, -0.2) is 12.9 Å². The van der Waals surface area contributed by atoms with E-state index in [4.69, 9.17) is 4.74 Å². The summed E-state index contributed by atoms with van der Waals surface area (Å²) in [6.45, 7) is 0. The van der Waals surface area contributed by atoms with Gasteiger partial charge in [0.1, 0.15) is 5.75 Å². The fourth-order valence-corrected chi connectivity index (χ4v) is 2.50. The molecule has 0 saturated carbocycles. The van der Waals surface area contributed by atoms with Gasteiger partial charge in [-0.2, -0.15) is 0 Å². The first-order valence-electron chi connectivity index (χ1n) is 7.13. The third-order valence-electron chi connectivity index (χ3n) is 3.61. The Labute approximate surface area is 129 Å². The normalized spacial score (nSPS) is 11.0. The third kappa shape index (κ3) is 2.77. The molecule has 0 atom stereocenters. The standard InChI is InChI=1S/C20H16O2/c1-22-20-12-5-4-11-18(20)19(21)14-13-16-9-6-8-15-7-2-3-10-17(15)16/h2-14H,1H3. The molecule has 2 nitrogen and oxygen atoms in total. The van der Waals surface area contributed by atoms with E-state index in [2.05, 4.69) is 18.2 Å². The number of allylic oxidation sites excluding steroid dienone is 1. The minimum absolute atomic E-state index is 0.0645. The molecular formula is C20H16O2. The first kappa shape index (κ1) is 14.1. The zero-order valence-electron chi connectivity index (χ0n) is 12.3. The average molecular weight is 288 g/mol. The van der Waals surface area contributed by atoms with E-state index >= 15 is 0 Å². The number of hydrogen-bond donors (Lipinski definition) is 0. The zero-order valence-corrected chi connectivity index (χ0v) is 12.3. The van der Waals surface area contributed by atoms with Gasteiger partial charge in [0.05, 0.1) is 12.7 Å². The number of rotatable bonds is 4. The lowest BCUT2D eigenvalue weighted by Gasteiger charge is -2.05. The van der Waals surface area contributed by atoms with Crippen LogP contribution in [0.15, 0.2) is 72.8 Å². The van der Waals surface area contributed by atoms with Crippen molar-refractivity contribution < 1.29 is 9.53 Å². The van der Waals surface area contributed by atoms with Crippen LogP contribution in [0.1, 0.15) is 15.9 Å². The van der Waals surface area contributed by atoms with Crippen molar-refractivity contribution >= 4 is 22.6 Å². The lowest BCUT2D eigenvalue weighted by atomic mass is 10.0. The molecule has 108 valence electrons.